The van der Waals surface area contributed by atoms with Crippen molar-refractivity contribution in [1.82, 2.24) is 4.31 Å². The minimum absolute atomic E-state index is 0. The second-order valence-electron chi connectivity index (χ2n) is 6.71. The number of sulfonamides is 1. The van der Waals surface area contributed by atoms with Crippen LogP contribution in [0.2, 0.25) is 0 Å². The van der Waals surface area contributed by atoms with Crippen LogP contribution in [0, 0.1) is 5.41 Å². The largest absolute Gasteiger partial charge is 0.492 e. The fraction of sp³-hybridized carbons (Fsp3) is 0.600. The Morgan fingerprint density at radius 2 is 2.09 bits per heavy atom. The first-order chi connectivity index (χ1) is 10.2. The van der Waals surface area contributed by atoms with Gasteiger partial charge >= 0.3 is 0 Å². The molecule has 1 atom stereocenters. The molecule has 2 N–H and O–H groups in total. The summed E-state index contributed by atoms with van der Waals surface area (Å²) in [5.74, 6) is 0.510. The lowest BCUT2D eigenvalue weighted by atomic mass is 9.81. The highest BCUT2D eigenvalue weighted by Crippen LogP contribution is 2.39. The molecule has 2 aliphatic heterocycles. The van der Waals surface area contributed by atoms with E-state index in [1.165, 1.54) is 0 Å². The number of fused-ring (bicyclic) bond motifs is 1. The van der Waals surface area contributed by atoms with E-state index in [9.17, 15) is 8.42 Å². The number of hydrogen-bond acceptors (Lipinski definition) is 4. The maximum Gasteiger partial charge on any atom is 0.246 e. The van der Waals surface area contributed by atoms with Gasteiger partial charge in [0, 0.05) is 35.6 Å². The number of halogens is 2. The van der Waals surface area contributed by atoms with Gasteiger partial charge in [-0.25, -0.2) is 8.42 Å². The van der Waals surface area contributed by atoms with Crippen LogP contribution in [0.25, 0.3) is 0 Å². The van der Waals surface area contributed by atoms with Gasteiger partial charge in [-0.1, -0.05) is 29.8 Å². The molecule has 0 saturated carbocycles. The zero-order valence-electron chi connectivity index (χ0n) is 13.2. The fourth-order valence-electron chi connectivity index (χ4n) is 3.10. The van der Waals surface area contributed by atoms with Crippen LogP contribution in [0.3, 0.4) is 0 Å². The van der Waals surface area contributed by atoms with Gasteiger partial charge in [0.2, 0.25) is 10.0 Å². The second-order valence-corrected chi connectivity index (χ2v) is 9.54. The summed E-state index contributed by atoms with van der Waals surface area (Å²) in [6.45, 7) is 5.44. The Labute approximate surface area is 152 Å². The molecule has 0 amide bonds. The lowest BCUT2D eigenvalue weighted by Crippen LogP contribution is -2.53. The highest BCUT2D eigenvalue weighted by Gasteiger charge is 2.40. The molecule has 0 aliphatic carbocycles. The number of nitrogens with two attached hydrogens (primary N) is 1. The van der Waals surface area contributed by atoms with Crippen molar-refractivity contribution in [3.8, 4) is 5.75 Å². The summed E-state index contributed by atoms with van der Waals surface area (Å²) < 4.78 is 34.0. The molecule has 1 unspecified atom stereocenters. The summed E-state index contributed by atoms with van der Waals surface area (Å²) in [6.07, 6.45) is 1.41. The molecule has 1 aromatic carbocycles. The van der Waals surface area contributed by atoms with E-state index < -0.39 is 10.0 Å². The normalized spacial score (nSPS) is 23.7. The quantitative estimate of drug-likeness (QED) is 0.790. The van der Waals surface area contributed by atoms with Crippen LogP contribution in [-0.2, 0) is 16.4 Å². The summed E-state index contributed by atoms with van der Waals surface area (Å²) in [7, 11) is -3.58. The Balaban J connectivity index is 0.00000192. The Kier molecular flexibility index (Phi) is 5.38. The standard InChI is InChI=1S/C15H21BrN2O3S.ClH/c1-15(2)9-18(5-3-13(15)17)22(19,20)12-8-11(16)7-10-4-6-21-14(10)12;/h7-8,13H,3-6,9,17H2,1-2H3;1H. The molecule has 1 aromatic rings. The molecule has 0 radical (unpaired) electrons. The van der Waals surface area contributed by atoms with E-state index in [1.807, 2.05) is 19.9 Å². The average Bonchev–Trinajstić information content (AvgIpc) is 2.88. The minimum Gasteiger partial charge on any atom is -0.492 e. The van der Waals surface area contributed by atoms with Gasteiger partial charge in [-0.15, -0.1) is 12.4 Å². The minimum atomic E-state index is -3.58. The first kappa shape index (κ1) is 19.0. The third-order valence-electron chi connectivity index (χ3n) is 4.61. The van der Waals surface area contributed by atoms with Gasteiger partial charge in [0.1, 0.15) is 10.6 Å². The third-order valence-corrected chi connectivity index (χ3v) is 6.92. The second kappa shape index (κ2) is 6.52. The zero-order chi connectivity index (χ0) is 16.1. The van der Waals surface area contributed by atoms with Crippen molar-refractivity contribution >= 4 is 38.4 Å². The fourth-order valence-corrected chi connectivity index (χ4v) is 5.58. The van der Waals surface area contributed by atoms with E-state index in [1.54, 1.807) is 10.4 Å². The molecular formula is C15H22BrClN2O3S. The van der Waals surface area contributed by atoms with Gasteiger partial charge in [-0.05, 0) is 24.0 Å². The number of benzene rings is 1. The number of rotatable bonds is 2. The molecule has 3 rings (SSSR count). The van der Waals surface area contributed by atoms with E-state index in [-0.39, 0.29) is 28.8 Å². The van der Waals surface area contributed by atoms with E-state index >= 15 is 0 Å². The maximum atomic E-state index is 13.1. The molecule has 23 heavy (non-hydrogen) atoms. The van der Waals surface area contributed by atoms with Gasteiger partial charge in [-0.3, -0.25) is 0 Å². The van der Waals surface area contributed by atoms with Crippen molar-refractivity contribution < 1.29 is 13.2 Å². The highest BCUT2D eigenvalue weighted by molar-refractivity contribution is 9.10. The zero-order valence-corrected chi connectivity index (χ0v) is 16.4. The topological polar surface area (TPSA) is 72.6 Å². The molecule has 1 saturated heterocycles. The van der Waals surface area contributed by atoms with Gasteiger partial charge in [0.15, 0.2) is 0 Å². The van der Waals surface area contributed by atoms with E-state index in [2.05, 4.69) is 15.9 Å². The molecule has 0 aromatic heterocycles. The molecule has 5 nitrogen and oxygen atoms in total. The summed E-state index contributed by atoms with van der Waals surface area (Å²) in [6, 6.07) is 3.58. The monoisotopic (exact) mass is 424 g/mol. The van der Waals surface area contributed by atoms with Crippen molar-refractivity contribution in [2.75, 3.05) is 19.7 Å². The summed E-state index contributed by atoms with van der Waals surface area (Å²) in [5.41, 5.74) is 6.83. The molecule has 0 bridgehead atoms. The number of piperidine rings is 1. The number of hydrogen-bond donors (Lipinski definition) is 1. The molecular weight excluding hydrogens is 404 g/mol. The van der Waals surface area contributed by atoms with Crippen LogP contribution in [0.5, 0.6) is 5.75 Å². The predicted molar refractivity (Wildman–Crippen MR) is 95.7 cm³/mol. The lowest BCUT2D eigenvalue weighted by molar-refractivity contribution is 0.155. The predicted octanol–water partition coefficient (Wildman–Crippen LogP) is 2.55. The average molecular weight is 426 g/mol. The molecule has 0 spiro atoms. The molecule has 1 fully saturated rings. The highest BCUT2D eigenvalue weighted by atomic mass is 79.9. The van der Waals surface area contributed by atoms with Crippen LogP contribution in [-0.4, -0.2) is 38.5 Å². The van der Waals surface area contributed by atoms with Crippen molar-refractivity contribution in [2.45, 2.75) is 37.6 Å². The third kappa shape index (κ3) is 3.39. The smallest absolute Gasteiger partial charge is 0.246 e. The van der Waals surface area contributed by atoms with Crippen LogP contribution in [0.15, 0.2) is 21.5 Å². The van der Waals surface area contributed by atoms with E-state index in [0.717, 1.165) is 16.5 Å². The Hall–Kier alpha value is -0.340. The molecule has 130 valence electrons. The molecule has 2 heterocycles. The van der Waals surface area contributed by atoms with Crippen LogP contribution < -0.4 is 10.5 Å². The van der Waals surface area contributed by atoms with E-state index in [0.29, 0.717) is 31.9 Å². The molecule has 8 heteroatoms. The van der Waals surface area contributed by atoms with Gasteiger partial charge in [0.05, 0.1) is 6.61 Å². The Morgan fingerprint density at radius 1 is 1.39 bits per heavy atom. The lowest BCUT2D eigenvalue weighted by Gasteiger charge is -2.41. The van der Waals surface area contributed by atoms with Gasteiger partial charge < -0.3 is 10.5 Å². The maximum absolute atomic E-state index is 13.1. The van der Waals surface area contributed by atoms with Crippen molar-refractivity contribution in [3.63, 3.8) is 0 Å². The SMILES string of the molecule is CC1(C)CN(S(=O)(=O)c2cc(Br)cc3c2OCC3)CCC1N.Cl. The van der Waals surface area contributed by atoms with E-state index in [4.69, 9.17) is 10.5 Å². The van der Waals surface area contributed by atoms with Crippen LogP contribution in [0.4, 0.5) is 0 Å². The van der Waals surface area contributed by atoms with Crippen LogP contribution in [0.1, 0.15) is 25.8 Å². The van der Waals surface area contributed by atoms with Gasteiger partial charge in [0.25, 0.3) is 0 Å². The Bertz CT molecular complexity index is 709. The number of ether oxygens (including phenoxy) is 1. The first-order valence-electron chi connectivity index (χ1n) is 7.43. The summed E-state index contributed by atoms with van der Waals surface area (Å²) in [4.78, 5) is 0.264. The summed E-state index contributed by atoms with van der Waals surface area (Å²) in [5, 5.41) is 0. The summed E-state index contributed by atoms with van der Waals surface area (Å²) >= 11 is 3.41. The number of nitrogens with zero attached hydrogens (tertiary/aromatic N) is 1. The van der Waals surface area contributed by atoms with Gasteiger partial charge in [-0.2, -0.15) is 4.31 Å². The molecule has 2 aliphatic rings. The van der Waals surface area contributed by atoms with Crippen molar-refractivity contribution in [2.24, 2.45) is 11.1 Å². The van der Waals surface area contributed by atoms with Crippen molar-refractivity contribution in [3.05, 3.63) is 22.2 Å². The van der Waals surface area contributed by atoms with Crippen LogP contribution >= 0.6 is 28.3 Å². The van der Waals surface area contributed by atoms with Crippen molar-refractivity contribution in [1.29, 1.82) is 0 Å². The Morgan fingerprint density at radius 3 is 2.74 bits per heavy atom. The first-order valence-corrected chi connectivity index (χ1v) is 9.66.